The van der Waals surface area contributed by atoms with E-state index in [1.54, 1.807) is 0 Å². The Kier molecular flexibility index (Phi) is 4.00. The second kappa shape index (κ2) is 5.09. The van der Waals surface area contributed by atoms with Crippen molar-refractivity contribution in [3.05, 3.63) is 0 Å². The average molecular weight is 231 g/mol. The third-order valence-corrected chi connectivity index (χ3v) is 4.34. The first-order valence-electron chi connectivity index (χ1n) is 5.98. The summed E-state index contributed by atoms with van der Waals surface area (Å²) in [5.41, 5.74) is 0.188. The van der Waals surface area contributed by atoms with E-state index >= 15 is 0 Å². The monoisotopic (exact) mass is 231 g/mol. The highest BCUT2D eigenvalue weighted by Crippen LogP contribution is 2.43. The highest BCUT2D eigenvalue weighted by molar-refractivity contribution is 7.45. The van der Waals surface area contributed by atoms with Crippen LogP contribution in [0.25, 0.3) is 0 Å². The van der Waals surface area contributed by atoms with E-state index in [0.29, 0.717) is 6.04 Å². The lowest BCUT2D eigenvalue weighted by molar-refractivity contribution is 0.0566. The van der Waals surface area contributed by atoms with Crippen molar-refractivity contribution in [1.29, 1.82) is 0 Å². The van der Waals surface area contributed by atoms with Crippen LogP contribution in [0.15, 0.2) is 0 Å². The van der Waals surface area contributed by atoms with E-state index < -0.39 is 8.53 Å². The minimum atomic E-state index is -0.803. The zero-order valence-corrected chi connectivity index (χ0v) is 10.7. The van der Waals surface area contributed by atoms with Gasteiger partial charge in [0, 0.05) is 11.5 Å². The minimum Gasteiger partial charge on any atom is -0.321 e. The number of hydrogen-bond acceptors (Lipinski definition) is 3. The summed E-state index contributed by atoms with van der Waals surface area (Å²) in [6, 6.07) is 0.631. The molecule has 0 aromatic carbocycles. The van der Waals surface area contributed by atoms with Crippen LogP contribution in [0.1, 0.15) is 46.0 Å². The van der Waals surface area contributed by atoms with Crippen LogP contribution in [0.5, 0.6) is 0 Å². The Morgan fingerprint density at radius 2 is 1.67 bits per heavy atom. The second-order valence-electron chi connectivity index (χ2n) is 5.43. The first kappa shape index (κ1) is 11.8. The molecule has 1 aliphatic heterocycles. The fourth-order valence-electron chi connectivity index (χ4n) is 2.00. The zero-order chi connectivity index (χ0) is 10.7. The van der Waals surface area contributed by atoms with Crippen LogP contribution in [0.3, 0.4) is 0 Å². The maximum absolute atomic E-state index is 5.73. The third kappa shape index (κ3) is 3.67. The van der Waals surface area contributed by atoms with Gasteiger partial charge in [-0.15, -0.1) is 0 Å². The van der Waals surface area contributed by atoms with Crippen molar-refractivity contribution < 1.29 is 9.05 Å². The summed E-state index contributed by atoms with van der Waals surface area (Å²) in [5, 5.41) is 3.52. The molecule has 0 atom stereocenters. The first-order chi connectivity index (χ1) is 7.16. The van der Waals surface area contributed by atoms with E-state index in [2.05, 4.69) is 18.9 Å². The van der Waals surface area contributed by atoms with Gasteiger partial charge in [0.05, 0.1) is 13.2 Å². The first-order valence-corrected chi connectivity index (χ1v) is 7.16. The second-order valence-corrected chi connectivity index (χ2v) is 6.72. The molecule has 0 bridgehead atoms. The van der Waals surface area contributed by atoms with Crippen LogP contribution in [0, 0.1) is 5.41 Å². The number of rotatable bonds is 2. The Hall–Kier alpha value is 0.310. The molecule has 0 aromatic rings. The normalized spacial score (nSPS) is 29.2. The van der Waals surface area contributed by atoms with Crippen LogP contribution in [0.4, 0.5) is 0 Å². The highest BCUT2D eigenvalue weighted by atomic mass is 31.2. The lowest BCUT2D eigenvalue weighted by Crippen LogP contribution is -2.35. The molecule has 1 heterocycles. The van der Waals surface area contributed by atoms with E-state index in [0.717, 1.165) is 13.2 Å². The largest absolute Gasteiger partial charge is 0.321 e. The van der Waals surface area contributed by atoms with E-state index in [1.165, 1.54) is 32.1 Å². The summed E-state index contributed by atoms with van der Waals surface area (Å²) < 4.78 is 11.5. The lowest BCUT2D eigenvalue weighted by atomic mass is 9.96. The Morgan fingerprint density at radius 3 is 2.27 bits per heavy atom. The molecule has 3 nitrogen and oxygen atoms in total. The van der Waals surface area contributed by atoms with Crippen molar-refractivity contribution >= 4 is 8.53 Å². The molecule has 2 rings (SSSR count). The van der Waals surface area contributed by atoms with Crippen molar-refractivity contribution in [1.82, 2.24) is 5.09 Å². The molecule has 1 saturated carbocycles. The Bertz CT molecular complexity index is 195. The summed E-state index contributed by atoms with van der Waals surface area (Å²) in [6.45, 7) is 6.00. The summed E-state index contributed by atoms with van der Waals surface area (Å²) >= 11 is 0. The van der Waals surface area contributed by atoms with Gasteiger partial charge in [-0.3, -0.25) is 0 Å². The summed E-state index contributed by atoms with van der Waals surface area (Å²) in [4.78, 5) is 0. The van der Waals surface area contributed by atoms with Crippen molar-refractivity contribution in [3.8, 4) is 0 Å². The van der Waals surface area contributed by atoms with Crippen LogP contribution >= 0.6 is 8.53 Å². The fourth-order valence-corrected chi connectivity index (χ4v) is 3.71. The van der Waals surface area contributed by atoms with Crippen LogP contribution in [-0.4, -0.2) is 19.3 Å². The quantitative estimate of drug-likeness (QED) is 0.740. The van der Waals surface area contributed by atoms with Gasteiger partial charge in [0.25, 0.3) is 8.53 Å². The molecule has 0 aromatic heterocycles. The maximum Gasteiger partial charge on any atom is 0.256 e. The van der Waals surface area contributed by atoms with Gasteiger partial charge in [-0.05, 0) is 12.8 Å². The summed E-state index contributed by atoms with van der Waals surface area (Å²) in [6.07, 6.45) is 6.67. The molecule has 0 spiro atoms. The van der Waals surface area contributed by atoms with E-state index in [1.807, 2.05) is 0 Å². The van der Waals surface area contributed by atoms with E-state index in [9.17, 15) is 0 Å². The number of nitrogens with one attached hydrogen (secondary N) is 1. The van der Waals surface area contributed by atoms with Gasteiger partial charge >= 0.3 is 0 Å². The molecule has 0 amide bonds. The topological polar surface area (TPSA) is 30.5 Å². The standard InChI is InChI=1S/C11H22NO2P/c1-11(2)8-13-15(14-9-11)12-10-6-4-3-5-7-10/h10,12H,3-9H2,1-2H3. The molecule has 2 aliphatic rings. The van der Waals surface area contributed by atoms with Gasteiger partial charge < -0.3 is 9.05 Å². The SMILES string of the molecule is CC1(C)COP(NC2CCCCC2)OC1. The van der Waals surface area contributed by atoms with Gasteiger partial charge in [-0.1, -0.05) is 33.1 Å². The molecule has 0 radical (unpaired) electrons. The zero-order valence-electron chi connectivity index (χ0n) is 9.79. The highest BCUT2D eigenvalue weighted by Gasteiger charge is 2.30. The summed E-state index contributed by atoms with van der Waals surface area (Å²) in [7, 11) is -0.803. The molecule has 1 N–H and O–H groups in total. The molecule has 2 fully saturated rings. The molecular weight excluding hydrogens is 209 g/mol. The van der Waals surface area contributed by atoms with E-state index in [-0.39, 0.29) is 5.41 Å². The third-order valence-electron chi connectivity index (χ3n) is 3.04. The van der Waals surface area contributed by atoms with Crippen molar-refractivity contribution in [3.63, 3.8) is 0 Å². The Balaban J connectivity index is 1.71. The summed E-state index contributed by atoms with van der Waals surface area (Å²) in [5.74, 6) is 0. The van der Waals surface area contributed by atoms with Crippen LogP contribution in [0.2, 0.25) is 0 Å². The fraction of sp³-hybridized carbons (Fsp3) is 1.00. The average Bonchev–Trinajstić information content (AvgIpc) is 2.23. The van der Waals surface area contributed by atoms with E-state index in [4.69, 9.17) is 9.05 Å². The molecule has 1 aliphatic carbocycles. The Labute approximate surface area is 93.9 Å². The molecule has 1 saturated heterocycles. The number of hydrogen-bond donors (Lipinski definition) is 1. The minimum absolute atomic E-state index is 0.188. The van der Waals surface area contributed by atoms with Gasteiger partial charge in [-0.2, -0.15) is 0 Å². The Morgan fingerprint density at radius 1 is 1.07 bits per heavy atom. The van der Waals surface area contributed by atoms with Gasteiger partial charge in [0.15, 0.2) is 0 Å². The molecule has 15 heavy (non-hydrogen) atoms. The smallest absolute Gasteiger partial charge is 0.256 e. The van der Waals surface area contributed by atoms with Crippen molar-refractivity contribution in [2.45, 2.75) is 52.0 Å². The van der Waals surface area contributed by atoms with Crippen LogP contribution < -0.4 is 5.09 Å². The molecular formula is C11H22NO2P. The van der Waals surface area contributed by atoms with Gasteiger partial charge in [0.2, 0.25) is 0 Å². The van der Waals surface area contributed by atoms with Crippen LogP contribution in [-0.2, 0) is 9.05 Å². The molecule has 0 unspecified atom stereocenters. The van der Waals surface area contributed by atoms with Gasteiger partial charge in [-0.25, -0.2) is 5.09 Å². The predicted molar refractivity (Wildman–Crippen MR) is 62.6 cm³/mol. The maximum atomic E-state index is 5.73. The van der Waals surface area contributed by atoms with Gasteiger partial charge in [0.1, 0.15) is 0 Å². The van der Waals surface area contributed by atoms with Crippen molar-refractivity contribution in [2.75, 3.05) is 13.2 Å². The molecule has 88 valence electrons. The predicted octanol–water partition coefficient (Wildman–Crippen LogP) is 3.21. The van der Waals surface area contributed by atoms with Crippen molar-refractivity contribution in [2.24, 2.45) is 5.41 Å². The lowest BCUT2D eigenvalue weighted by Gasteiger charge is -2.35. The molecule has 4 heteroatoms.